The summed E-state index contributed by atoms with van der Waals surface area (Å²) in [4.78, 5) is 29.0. The summed E-state index contributed by atoms with van der Waals surface area (Å²) < 4.78 is 0. The number of hydrogen-bond donors (Lipinski definition) is 3. The van der Waals surface area contributed by atoms with Gasteiger partial charge < -0.3 is 10.4 Å². The van der Waals surface area contributed by atoms with E-state index in [4.69, 9.17) is 5.11 Å². The topological polar surface area (TPSA) is 91.3 Å². The number of aromatic nitrogens is 1. The van der Waals surface area contributed by atoms with E-state index in [1.54, 1.807) is 0 Å². The van der Waals surface area contributed by atoms with Crippen LogP contribution in [0.15, 0.2) is 30.3 Å². The molecular formula is C19H25N3O3S. The maximum absolute atomic E-state index is 12.2. The number of aliphatic carboxylic acids is 1. The van der Waals surface area contributed by atoms with Gasteiger partial charge in [0.2, 0.25) is 5.91 Å². The van der Waals surface area contributed by atoms with Gasteiger partial charge in [-0.3, -0.25) is 14.9 Å². The quantitative estimate of drug-likeness (QED) is 0.621. The average Bonchev–Trinajstić information content (AvgIpc) is 3.03. The minimum absolute atomic E-state index is 0.0613. The van der Waals surface area contributed by atoms with E-state index >= 15 is 0 Å². The Hall–Kier alpha value is -2.25. The zero-order valence-corrected chi connectivity index (χ0v) is 16.1. The standard InChI is InChI=1S/C19H25N3O3S/c1-4-8-14(18(24)25)20-11-15(23)21-19-22-16(17(26-19)12(2)3)13-9-6-5-7-10-13/h5-7,9-10,12,14,20H,4,8,11H2,1-3H3,(H,24,25)(H,21,22,23). The first kappa shape index (κ1) is 20.1. The minimum atomic E-state index is -0.942. The highest BCUT2D eigenvalue weighted by Gasteiger charge is 2.19. The molecule has 2 aromatic rings. The van der Waals surface area contributed by atoms with Gasteiger partial charge in [-0.1, -0.05) is 57.5 Å². The normalized spacial score (nSPS) is 12.2. The largest absolute Gasteiger partial charge is 0.480 e. The molecule has 0 bridgehead atoms. The van der Waals surface area contributed by atoms with E-state index < -0.39 is 12.0 Å². The van der Waals surface area contributed by atoms with Gasteiger partial charge in [0.15, 0.2) is 5.13 Å². The third kappa shape index (κ3) is 5.37. The number of carbonyl (C=O) groups is 2. The van der Waals surface area contributed by atoms with Crippen molar-refractivity contribution < 1.29 is 14.7 Å². The van der Waals surface area contributed by atoms with Crippen molar-refractivity contribution in [2.45, 2.75) is 45.6 Å². The van der Waals surface area contributed by atoms with E-state index in [0.717, 1.165) is 22.6 Å². The summed E-state index contributed by atoms with van der Waals surface area (Å²) in [5.41, 5.74) is 1.89. The van der Waals surface area contributed by atoms with Gasteiger partial charge >= 0.3 is 5.97 Å². The van der Waals surface area contributed by atoms with Gasteiger partial charge in [0, 0.05) is 10.4 Å². The van der Waals surface area contributed by atoms with Gasteiger partial charge in [0.05, 0.1) is 12.2 Å². The molecule has 0 fully saturated rings. The Morgan fingerprint density at radius 1 is 1.23 bits per heavy atom. The number of thiazole rings is 1. The van der Waals surface area contributed by atoms with Crippen molar-refractivity contribution in [1.29, 1.82) is 0 Å². The van der Waals surface area contributed by atoms with Crippen LogP contribution in [0.25, 0.3) is 11.3 Å². The summed E-state index contributed by atoms with van der Waals surface area (Å²) in [6.07, 6.45) is 1.21. The molecule has 0 aliphatic carbocycles. The van der Waals surface area contributed by atoms with Crippen molar-refractivity contribution >= 4 is 28.3 Å². The molecule has 0 spiro atoms. The molecular weight excluding hydrogens is 350 g/mol. The third-order valence-electron chi connectivity index (χ3n) is 3.86. The van der Waals surface area contributed by atoms with E-state index in [-0.39, 0.29) is 18.4 Å². The number of carboxylic acid groups (broad SMARTS) is 1. The van der Waals surface area contributed by atoms with Crippen LogP contribution < -0.4 is 10.6 Å². The molecule has 1 unspecified atom stereocenters. The Morgan fingerprint density at radius 2 is 1.92 bits per heavy atom. The van der Waals surface area contributed by atoms with Gasteiger partial charge in [-0.15, -0.1) is 11.3 Å². The average molecular weight is 375 g/mol. The lowest BCUT2D eigenvalue weighted by Crippen LogP contribution is -2.41. The van der Waals surface area contributed by atoms with Crippen molar-refractivity contribution in [2.24, 2.45) is 0 Å². The van der Waals surface area contributed by atoms with E-state index in [9.17, 15) is 9.59 Å². The summed E-state index contributed by atoms with van der Waals surface area (Å²) in [6.45, 7) is 6.03. The Kier molecular flexibility index (Phi) is 7.29. The first-order chi connectivity index (χ1) is 12.4. The van der Waals surface area contributed by atoms with Crippen molar-refractivity contribution in [2.75, 3.05) is 11.9 Å². The lowest BCUT2D eigenvalue weighted by Gasteiger charge is -2.12. The number of carbonyl (C=O) groups excluding carboxylic acids is 1. The Labute approximate surface area is 157 Å². The van der Waals surface area contributed by atoms with Gasteiger partial charge in [-0.25, -0.2) is 4.98 Å². The Morgan fingerprint density at radius 3 is 2.50 bits per heavy atom. The smallest absolute Gasteiger partial charge is 0.320 e. The first-order valence-electron chi connectivity index (χ1n) is 8.74. The second kappa shape index (κ2) is 9.45. The van der Waals surface area contributed by atoms with E-state index in [0.29, 0.717) is 11.6 Å². The number of nitrogens with zero attached hydrogens (tertiary/aromatic N) is 1. The maximum atomic E-state index is 12.2. The highest BCUT2D eigenvalue weighted by Crippen LogP contribution is 2.36. The number of amides is 1. The highest BCUT2D eigenvalue weighted by atomic mass is 32.1. The first-order valence-corrected chi connectivity index (χ1v) is 9.56. The number of rotatable bonds is 9. The molecule has 1 aromatic carbocycles. The van der Waals surface area contributed by atoms with Gasteiger partial charge in [0.25, 0.3) is 0 Å². The summed E-state index contributed by atoms with van der Waals surface area (Å²) >= 11 is 1.45. The van der Waals surface area contributed by atoms with Gasteiger partial charge in [-0.2, -0.15) is 0 Å². The fourth-order valence-corrected chi connectivity index (χ4v) is 3.57. The van der Waals surface area contributed by atoms with E-state index in [1.807, 2.05) is 37.3 Å². The molecule has 1 atom stereocenters. The van der Waals surface area contributed by atoms with Crippen molar-refractivity contribution in [1.82, 2.24) is 10.3 Å². The lowest BCUT2D eigenvalue weighted by atomic mass is 10.1. The summed E-state index contributed by atoms with van der Waals surface area (Å²) in [5, 5.41) is 15.2. The van der Waals surface area contributed by atoms with E-state index in [1.165, 1.54) is 11.3 Å². The summed E-state index contributed by atoms with van der Waals surface area (Å²) in [7, 11) is 0. The number of anilines is 1. The van der Waals surface area contributed by atoms with Crippen LogP contribution in [0.3, 0.4) is 0 Å². The van der Waals surface area contributed by atoms with Crippen molar-refractivity contribution in [3.63, 3.8) is 0 Å². The highest BCUT2D eigenvalue weighted by molar-refractivity contribution is 7.16. The monoisotopic (exact) mass is 375 g/mol. The van der Waals surface area contributed by atoms with Gasteiger partial charge in [0.1, 0.15) is 6.04 Å². The van der Waals surface area contributed by atoms with Crippen LogP contribution in [0.5, 0.6) is 0 Å². The molecule has 2 rings (SSSR count). The Balaban J connectivity index is 2.07. The molecule has 0 radical (unpaired) electrons. The summed E-state index contributed by atoms with van der Waals surface area (Å²) in [6, 6.07) is 9.15. The van der Waals surface area contributed by atoms with Crippen molar-refractivity contribution in [3.05, 3.63) is 35.2 Å². The minimum Gasteiger partial charge on any atom is -0.480 e. The van der Waals surface area contributed by atoms with Crippen LogP contribution in [0.1, 0.15) is 44.4 Å². The second-order valence-corrected chi connectivity index (χ2v) is 7.39. The fourth-order valence-electron chi connectivity index (χ4n) is 2.56. The summed E-state index contributed by atoms with van der Waals surface area (Å²) in [5.74, 6) is -0.953. The predicted octanol–water partition coefficient (Wildman–Crippen LogP) is 3.71. The molecule has 0 aliphatic heterocycles. The van der Waals surface area contributed by atoms with Crippen LogP contribution in [-0.4, -0.2) is 34.6 Å². The number of nitrogens with one attached hydrogen (secondary N) is 2. The molecule has 1 amide bonds. The number of benzene rings is 1. The second-order valence-electron chi connectivity index (χ2n) is 6.36. The molecule has 0 saturated carbocycles. The van der Waals surface area contributed by atoms with Gasteiger partial charge in [-0.05, 0) is 12.3 Å². The molecule has 1 heterocycles. The lowest BCUT2D eigenvalue weighted by molar-refractivity contribution is -0.139. The number of hydrogen-bond acceptors (Lipinski definition) is 5. The molecule has 3 N–H and O–H groups in total. The third-order valence-corrected chi connectivity index (χ3v) is 5.13. The molecule has 6 nitrogen and oxygen atoms in total. The van der Waals surface area contributed by atoms with Crippen LogP contribution in [0.4, 0.5) is 5.13 Å². The molecule has 26 heavy (non-hydrogen) atoms. The van der Waals surface area contributed by atoms with E-state index in [2.05, 4.69) is 29.5 Å². The Bertz CT molecular complexity index is 744. The molecule has 0 saturated heterocycles. The zero-order valence-electron chi connectivity index (χ0n) is 15.3. The van der Waals surface area contributed by atoms with Crippen LogP contribution in [-0.2, 0) is 9.59 Å². The molecule has 140 valence electrons. The maximum Gasteiger partial charge on any atom is 0.320 e. The fraction of sp³-hybridized carbons (Fsp3) is 0.421. The SMILES string of the molecule is CCCC(NCC(=O)Nc1nc(-c2ccccc2)c(C(C)C)s1)C(=O)O. The molecule has 7 heteroatoms. The van der Waals surface area contributed by atoms with Crippen LogP contribution in [0, 0.1) is 0 Å². The molecule has 0 aliphatic rings. The zero-order chi connectivity index (χ0) is 19.1. The predicted molar refractivity (Wildman–Crippen MR) is 105 cm³/mol. The molecule has 1 aromatic heterocycles. The van der Waals surface area contributed by atoms with Crippen LogP contribution in [0.2, 0.25) is 0 Å². The van der Waals surface area contributed by atoms with Crippen LogP contribution >= 0.6 is 11.3 Å². The number of carboxylic acids is 1. The van der Waals surface area contributed by atoms with Crippen molar-refractivity contribution in [3.8, 4) is 11.3 Å².